The van der Waals surface area contributed by atoms with Crippen molar-refractivity contribution in [3.05, 3.63) is 65.6 Å². The van der Waals surface area contributed by atoms with Gasteiger partial charge in [-0.3, -0.25) is 4.79 Å². The first-order chi connectivity index (χ1) is 19.4. The summed E-state index contributed by atoms with van der Waals surface area (Å²) in [4.78, 5) is 33.2. The fourth-order valence-electron chi connectivity index (χ4n) is 5.92. The van der Waals surface area contributed by atoms with Crippen LogP contribution in [0, 0.1) is 23.1 Å². The number of rotatable bonds is 6. The summed E-state index contributed by atoms with van der Waals surface area (Å²) in [6.07, 6.45) is 5.02. The van der Waals surface area contributed by atoms with E-state index in [-0.39, 0.29) is 29.6 Å². The average Bonchev–Trinajstić information content (AvgIpc) is 3.59. The van der Waals surface area contributed by atoms with Gasteiger partial charge < -0.3 is 15.5 Å². The number of urea groups is 1. The van der Waals surface area contributed by atoms with Crippen molar-refractivity contribution < 1.29 is 14.0 Å². The molecule has 0 bridgehead atoms. The monoisotopic (exact) mass is 557 g/mol. The summed E-state index contributed by atoms with van der Waals surface area (Å²) in [5.41, 5.74) is 3.28. The first kappa shape index (κ1) is 26.5. The third kappa shape index (κ3) is 5.08. The Morgan fingerprint density at radius 3 is 2.38 bits per heavy atom. The van der Waals surface area contributed by atoms with Gasteiger partial charge >= 0.3 is 6.03 Å². The zero-order valence-corrected chi connectivity index (χ0v) is 23.3. The molecule has 206 valence electrons. The molecular formula is C31H32FN5O2S. The molecule has 40 heavy (non-hydrogen) atoms. The van der Waals surface area contributed by atoms with E-state index in [0.29, 0.717) is 31.8 Å². The number of benzene rings is 2. The van der Waals surface area contributed by atoms with Crippen LogP contribution >= 0.6 is 11.3 Å². The summed E-state index contributed by atoms with van der Waals surface area (Å²) in [7, 11) is 1.64. The van der Waals surface area contributed by atoms with Crippen LogP contribution in [-0.4, -0.2) is 47.5 Å². The van der Waals surface area contributed by atoms with E-state index in [1.807, 2.05) is 0 Å². The minimum absolute atomic E-state index is 0.0490. The number of thiazole rings is 1. The second-order valence-corrected chi connectivity index (χ2v) is 12.2. The molecule has 1 saturated heterocycles. The van der Waals surface area contributed by atoms with Gasteiger partial charge in [-0.25, -0.2) is 14.2 Å². The van der Waals surface area contributed by atoms with Gasteiger partial charge in [0.1, 0.15) is 16.4 Å². The van der Waals surface area contributed by atoms with Gasteiger partial charge in [0.05, 0.1) is 16.6 Å². The minimum atomic E-state index is -0.700. The number of halogens is 1. The highest BCUT2D eigenvalue weighted by atomic mass is 32.1. The Kier molecular flexibility index (Phi) is 7.05. The van der Waals surface area contributed by atoms with Crippen LogP contribution in [0.15, 0.2) is 48.5 Å². The molecule has 2 N–H and O–H groups in total. The van der Waals surface area contributed by atoms with Crippen LogP contribution in [0.1, 0.15) is 61.6 Å². The van der Waals surface area contributed by atoms with Crippen molar-refractivity contribution in [2.24, 2.45) is 5.92 Å². The Hall–Kier alpha value is -3.77. The number of hydrogen-bond acceptors (Lipinski definition) is 5. The highest BCUT2D eigenvalue weighted by molar-refractivity contribution is 7.18. The van der Waals surface area contributed by atoms with Crippen LogP contribution in [0.5, 0.6) is 0 Å². The number of likely N-dealkylation sites (tertiary alicyclic amines) is 1. The van der Waals surface area contributed by atoms with E-state index in [4.69, 9.17) is 4.98 Å². The first-order valence-corrected chi connectivity index (χ1v) is 14.8. The van der Waals surface area contributed by atoms with Crippen molar-refractivity contribution in [2.45, 2.75) is 55.9 Å². The summed E-state index contributed by atoms with van der Waals surface area (Å²) in [5.74, 6) is -0.337. The summed E-state index contributed by atoms with van der Waals surface area (Å²) in [6.45, 7) is 1.39. The van der Waals surface area contributed by atoms with Gasteiger partial charge in [-0.15, -0.1) is 11.3 Å². The van der Waals surface area contributed by atoms with E-state index in [1.54, 1.807) is 35.4 Å². The lowest BCUT2D eigenvalue weighted by Gasteiger charge is -2.39. The quantitative estimate of drug-likeness (QED) is 0.400. The second kappa shape index (κ2) is 10.7. The van der Waals surface area contributed by atoms with E-state index in [1.165, 1.54) is 17.7 Å². The highest BCUT2D eigenvalue weighted by Gasteiger charge is 2.47. The minimum Gasteiger partial charge on any atom is -0.341 e. The fourth-order valence-corrected chi connectivity index (χ4v) is 7.06. The molecule has 0 spiro atoms. The molecule has 1 aliphatic heterocycles. The van der Waals surface area contributed by atoms with Crippen LogP contribution in [0.4, 0.5) is 9.18 Å². The summed E-state index contributed by atoms with van der Waals surface area (Å²) < 4.78 is 13.7. The molecule has 3 fully saturated rings. The number of aromatic nitrogens is 1. The number of amides is 3. The van der Waals surface area contributed by atoms with E-state index < -0.39 is 5.54 Å². The molecule has 0 radical (unpaired) electrons. The predicted molar refractivity (Wildman–Crippen MR) is 152 cm³/mol. The zero-order valence-electron chi connectivity index (χ0n) is 22.5. The molecule has 1 aromatic heterocycles. The SMILES string of the molecule is CNC(=O)N1CC(c2ccc(-c3sc(-c4ccc(F)cc4)nc3C3CCCCC3C(=O)NC3(C#N)CC3)cc2)C1. The van der Waals surface area contributed by atoms with Crippen LogP contribution in [0.2, 0.25) is 0 Å². The number of nitriles is 1. The van der Waals surface area contributed by atoms with Crippen LogP contribution in [0.3, 0.4) is 0 Å². The molecule has 2 unspecified atom stereocenters. The van der Waals surface area contributed by atoms with E-state index in [0.717, 1.165) is 52.4 Å². The van der Waals surface area contributed by atoms with Crippen LogP contribution in [-0.2, 0) is 4.79 Å². The smallest absolute Gasteiger partial charge is 0.317 e. The molecule has 2 saturated carbocycles. The van der Waals surface area contributed by atoms with Crippen LogP contribution < -0.4 is 10.6 Å². The summed E-state index contributed by atoms with van der Waals surface area (Å²) >= 11 is 1.57. The largest absolute Gasteiger partial charge is 0.341 e. The maximum atomic E-state index is 13.7. The Morgan fingerprint density at radius 1 is 1.05 bits per heavy atom. The van der Waals surface area contributed by atoms with Gasteiger partial charge in [-0.05, 0) is 61.1 Å². The molecule has 3 aliphatic rings. The number of hydrogen-bond donors (Lipinski definition) is 2. The Balaban J connectivity index is 1.32. The topological polar surface area (TPSA) is 98.1 Å². The number of carbonyl (C=O) groups is 2. The first-order valence-electron chi connectivity index (χ1n) is 14.0. The summed E-state index contributed by atoms with van der Waals surface area (Å²) in [5, 5.41) is 16.1. The molecule has 2 aromatic carbocycles. The Bertz CT molecular complexity index is 1450. The Morgan fingerprint density at radius 2 is 1.73 bits per heavy atom. The second-order valence-electron chi connectivity index (χ2n) is 11.2. The number of nitrogens with one attached hydrogen (secondary N) is 2. The predicted octanol–water partition coefficient (Wildman–Crippen LogP) is 5.80. The molecular weight excluding hydrogens is 525 g/mol. The standard InChI is InChI=1S/C31H32FN5O2S/c1-34-30(39)37-16-22(17-37)19-6-8-20(9-7-19)27-26(35-29(40-27)21-10-12-23(32)13-11-21)24-4-2-3-5-25(24)28(38)36-31(18-33)14-15-31/h6-13,22,24-25H,2-5,14-17H2,1H3,(H,34,39)(H,36,38). The molecule has 2 heterocycles. The van der Waals surface area contributed by atoms with Crippen molar-refractivity contribution in [1.29, 1.82) is 5.26 Å². The van der Waals surface area contributed by atoms with E-state index in [9.17, 15) is 19.2 Å². The maximum absolute atomic E-state index is 13.7. The van der Waals surface area contributed by atoms with E-state index >= 15 is 0 Å². The van der Waals surface area contributed by atoms with Gasteiger partial charge in [0.25, 0.3) is 0 Å². The molecule has 2 atom stereocenters. The van der Waals surface area contributed by atoms with Gasteiger partial charge in [-0.2, -0.15) is 5.26 Å². The Labute approximate surface area is 237 Å². The van der Waals surface area contributed by atoms with Crippen molar-refractivity contribution in [2.75, 3.05) is 20.1 Å². The number of nitrogens with zero attached hydrogens (tertiary/aromatic N) is 3. The normalized spacial score (nSPS) is 21.7. The molecule has 6 rings (SSSR count). The van der Waals surface area contributed by atoms with Crippen molar-refractivity contribution >= 4 is 23.3 Å². The zero-order chi connectivity index (χ0) is 27.9. The van der Waals surface area contributed by atoms with Gasteiger partial charge in [0.15, 0.2) is 0 Å². The van der Waals surface area contributed by atoms with Crippen molar-refractivity contribution in [1.82, 2.24) is 20.5 Å². The van der Waals surface area contributed by atoms with E-state index in [2.05, 4.69) is 41.0 Å². The maximum Gasteiger partial charge on any atom is 0.317 e. The molecule has 9 heteroatoms. The third-order valence-corrected chi connectivity index (χ3v) is 9.72. The average molecular weight is 558 g/mol. The molecule has 3 aromatic rings. The van der Waals surface area contributed by atoms with Crippen molar-refractivity contribution in [3.8, 4) is 27.1 Å². The number of carbonyl (C=O) groups excluding carboxylic acids is 2. The molecule has 3 amide bonds. The van der Waals surface area contributed by atoms with Gasteiger partial charge in [0, 0.05) is 43.5 Å². The third-order valence-electron chi connectivity index (χ3n) is 8.55. The lowest BCUT2D eigenvalue weighted by atomic mass is 9.76. The highest BCUT2D eigenvalue weighted by Crippen LogP contribution is 2.46. The van der Waals surface area contributed by atoms with Crippen molar-refractivity contribution in [3.63, 3.8) is 0 Å². The van der Waals surface area contributed by atoms with Gasteiger partial charge in [0.2, 0.25) is 5.91 Å². The molecule has 7 nitrogen and oxygen atoms in total. The summed E-state index contributed by atoms with van der Waals surface area (Å²) in [6, 6.07) is 17.1. The lowest BCUT2D eigenvalue weighted by Crippen LogP contribution is -2.51. The molecule has 2 aliphatic carbocycles. The lowest BCUT2D eigenvalue weighted by molar-refractivity contribution is -0.127. The van der Waals surface area contributed by atoms with Gasteiger partial charge in [-0.1, -0.05) is 37.1 Å². The fraction of sp³-hybridized carbons (Fsp3) is 0.419. The van der Waals surface area contributed by atoms with Crippen LogP contribution in [0.25, 0.3) is 21.0 Å².